The van der Waals surface area contributed by atoms with E-state index in [1.807, 2.05) is 19.1 Å². The van der Waals surface area contributed by atoms with Gasteiger partial charge in [0, 0.05) is 24.1 Å². The summed E-state index contributed by atoms with van der Waals surface area (Å²) < 4.78 is 28.9. The fourth-order valence-electron chi connectivity index (χ4n) is 1.65. The van der Waals surface area contributed by atoms with Crippen LogP contribution >= 0.6 is 0 Å². The Morgan fingerprint density at radius 1 is 1.30 bits per heavy atom. The molecule has 0 saturated carbocycles. The molecule has 0 N–H and O–H groups in total. The predicted molar refractivity (Wildman–Crippen MR) is 73.3 cm³/mol. The smallest absolute Gasteiger partial charge is 0.222 e. The highest BCUT2D eigenvalue weighted by Crippen LogP contribution is 2.26. The largest absolute Gasteiger partial charge is 0.439 e. The number of hydrogen-bond acceptors (Lipinski definition) is 5. The first kappa shape index (κ1) is 14.0. The highest BCUT2D eigenvalue weighted by molar-refractivity contribution is 7.90. The van der Waals surface area contributed by atoms with Crippen molar-refractivity contribution in [3.63, 3.8) is 0 Å². The molecular weight excluding hydrogens is 276 g/mol. The van der Waals surface area contributed by atoms with Gasteiger partial charge < -0.3 is 4.74 Å². The molecule has 0 unspecified atom stereocenters. The van der Waals surface area contributed by atoms with Gasteiger partial charge in [-0.25, -0.2) is 13.4 Å². The van der Waals surface area contributed by atoms with E-state index in [4.69, 9.17) is 10.00 Å². The number of nitrogens with zero attached hydrogens (tertiary/aromatic N) is 2. The van der Waals surface area contributed by atoms with Crippen LogP contribution in [0.4, 0.5) is 0 Å². The summed E-state index contributed by atoms with van der Waals surface area (Å²) in [6.07, 6.45) is 2.64. The third-order valence-electron chi connectivity index (χ3n) is 2.65. The van der Waals surface area contributed by atoms with Crippen LogP contribution in [0, 0.1) is 18.3 Å². The zero-order chi connectivity index (χ0) is 14.8. The SMILES string of the molecule is Cc1cccnc1Oc1ccc(C#N)c(S(C)(=O)=O)c1. The van der Waals surface area contributed by atoms with Gasteiger partial charge in [0.05, 0.1) is 10.5 Å². The number of benzene rings is 1. The summed E-state index contributed by atoms with van der Waals surface area (Å²) in [5.74, 6) is 0.725. The average Bonchev–Trinajstić information content (AvgIpc) is 2.40. The lowest BCUT2D eigenvalue weighted by atomic mass is 10.2. The van der Waals surface area contributed by atoms with Gasteiger partial charge in [0.2, 0.25) is 5.88 Å². The first-order chi connectivity index (χ1) is 9.41. The molecular formula is C14H12N2O3S. The van der Waals surface area contributed by atoms with Gasteiger partial charge in [-0.1, -0.05) is 6.07 Å². The Hall–Kier alpha value is -2.39. The Bertz CT molecular complexity index is 792. The Balaban J connectivity index is 2.46. The van der Waals surface area contributed by atoms with E-state index < -0.39 is 9.84 Å². The van der Waals surface area contributed by atoms with Gasteiger partial charge >= 0.3 is 0 Å². The van der Waals surface area contributed by atoms with Gasteiger partial charge in [-0.15, -0.1) is 0 Å². The lowest BCUT2D eigenvalue weighted by Crippen LogP contribution is -2.01. The highest BCUT2D eigenvalue weighted by Gasteiger charge is 2.15. The molecule has 1 heterocycles. The Labute approximate surface area is 117 Å². The topological polar surface area (TPSA) is 80.0 Å². The van der Waals surface area contributed by atoms with E-state index in [1.54, 1.807) is 18.3 Å². The van der Waals surface area contributed by atoms with Crippen LogP contribution in [0.2, 0.25) is 0 Å². The van der Waals surface area contributed by atoms with E-state index in [2.05, 4.69) is 4.98 Å². The summed E-state index contributed by atoms with van der Waals surface area (Å²) in [7, 11) is -3.49. The van der Waals surface area contributed by atoms with Crippen LogP contribution in [-0.4, -0.2) is 19.7 Å². The average molecular weight is 288 g/mol. The van der Waals surface area contributed by atoms with Crippen LogP contribution in [0.1, 0.15) is 11.1 Å². The van der Waals surface area contributed by atoms with Crippen molar-refractivity contribution in [2.45, 2.75) is 11.8 Å². The monoisotopic (exact) mass is 288 g/mol. The summed E-state index contributed by atoms with van der Waals surface area (Å²) in [6, 6.07) is 9.77. The molecule has 0 radical (unpaired) electrons. The maximum Gasteiger partial charge on any atom is 0.222 e. The number of ether oxygens (including phenoxy) is 1. The molecule has 0 spiro atoms. The molecule has 0 saturated heterocycles. The van der Waals surface area contributed by atoms with Crippen molar-refractivity contribution in [1.82, 2.24) is 4.98 Å². The van der Waals surface area contributed by atoms with E-state index in [9.17, 15) is 8.42 Å². The number of pyridine rings is 1. The van der Waals surface area contributed by atoms with Gasteiger partial charge in [0.15, 0.2) is 9.84 Å². The highest BCUT2D eigenvalue weighted by atomic mass is 32.2. The molecule has 0 aliphatic carbocycles. The molecule has 20 heavy (non-hydrogen) atoms. The lowest BCUT2D eigenvalue weighted by Gasteiger charge is -2.09. The molecule has 0 aliphatic heterocycles. The Kier molecular flexibility index (Phi) is 3.72. The Morgan fingerprint density at radius 3 is 2.65 bits per heavy atom. The molecule has 2 aromatic rings. The summed E-state index contributed by atoms with van der Waals surface area (Å²) in [6.45, 7) is 1.84. The molecule has 5 nitrogen and oxygen atoms in total. The second-order valence-corrected chi connectivity index (χ2v) is 6.25. The normalized spacial score (nSPS) is 10.8. The van der Waals surface area contributed by atoms with Crippen LogP contribution in [0.15, 0.2) is 41.4 Å². The molecule has 1 aromatic carbocycles. The quantitative estimate of drug-likeness (QED) is 0.866. The van der Waals surface area contributed by atoms with Crippen LogP contribution < -0.4 is 4.74 Å². The fraction of sp³-hybridized carbons (Fsp3) is 0.143. The van der Waals surface area contributed by atoms with Crippen molar-refractivity contribution in [2.24, 2.45) is 0 Å². The minimum Gasteiger partial charge on any atom is -0.439 e. The van der Waals surface area contributed by atoms with Crippen molar-refractivity contribution >= 4 is 9.84 Å². The minimum absolute atomic E-state index is 0.0499. The van der Waals surface area contributed by atoms with Crippen molar-refractivity contribution in [3.05, 3.63) is 47.7 Å². The third-order valence-corrected chi connectivity index (χ3v) is 3.79. The number of nitriles is 1. The van der Waals surface area contributed by atoms with Gasteiger partial charge in [0.25, 0.3) is 0 Å². The van der Waals surface area contributed by atoms with E-state index in [1.165, 1.54) is 12.1 Å². The van der Waals surface area contributed by atoms with Crippen LogP contribution in [0.5, 0.6) is 11.6 Å². The van der Waals surface area contributed by atoms with Crippen molar-refractivity contribution in [2.75, 3.05) is 6.26 Å². The standard InChI is InChI=1S/C14H12N2O3S/c1-10-4-3-7-16-14(10)19-12-6-5-11(9-15)13(8-12)20(2,17)18/h3-8H,1-2H3. The summed E-state index contributed by atoms with van der Waals surface area (Å²) in [4.78, 5) is 4.02. The first-order valence-corrected chi connectivity index (χ1v) is 7.64. The predicted octanol–water partition coefficient (Wildman–Crippen LogP) is 2.46. The van der Waals surface area contributed by atoms with Gasteiger partial charge in [-0.2, -0.15) is 5.26 Å². The molecule has 0 atom stereocenters. The summed E-state index contributed by atoms with van der Waals surface area (Å²) in [5.41, 5.74) is 0.926. The molecule has 0 aliphatic rings. The Morgan fingerprint density at radius 2 is 2.05 bits per heavy atom. The number of aryl methyl sites for hydroxylation is 1. The zero-order valence-corrected chi connectivity index (χ0v) is 11.8. The number of hydrogen-bond donors (Lipinski definition) is 0. The molecule has 0 bridgehead atoms. The molecule has 6 heteroatoms. The maximum atomic E-state index is 11.7. The summed E-state index contributed by atoms with van der Waals surface area (Å²) >= 11 is 0. The number of sulfone groups is 1. The van der Waals surface area contributed by atoms with Crippen molar-refractivity contribution in [3.8, 4) is 17.7 Å². The van der Waals surface area contributed by atoms with Crippen molar-refractivity contribution in [1.29, 1.82) is 5.26 Å². The molecule has 102 valence electrons. The second-order valence-electron chi connectivity index (χ2n) is 4.27. The minimum atomic E-state index is -3.49. The third kappa shape index (κ3) is 2.95. The second kappa shape index (κ2) is 5.31. The molecule has 0 amide bonds. The van der Waals surface area contributed by atoms with Crippen LogP contribution in [-0.2, 0) is 9.84 Å². The fourth-order valence-corrected chi connectivity index (χ4v) is 2.50. The maximum absolute atomic E-state index is 11.7. The first-order valence-electron chi connectivity index (χ1n) is 5.75. The lowest BCUT2D eigenvalue weighted by molar-refractivity contribution is 0.457. The van der Waals surface area contributed by atoms with Gasteiger partial charge in [0.1, 0.15) is 11.8 Å². The zero-order valence-electron chi connectivity index (χ0n) is 11.0. The molecule has 0 fully saturated rings. The molecule has 1 aromatic heterocycles. The van der Waals surface area contributed by atoms with Crippen LogP contribution in [0.3, 0.4) is 0 Å². The molecule has 2 rings (SSSR count). The van der Waals surface area contributed by atoms with E-state index in [-0.39, 0.29) is 10.5 Å². The van der Waals surface area contributed by atoms with Gasteiger partial charge in [-0.3, -0.25) is 0 Å². The van der Waals surface area contributed by atoms with Crippen LogP contribution in [0.25, 0.3) is 0 Å². The van der Waals surface area contributed by atoms with E-state index in [0.29, 0.717) is 11.6 Å². The number of rotatable bonds is 3. The van der Waals surface area contributed by atoms with Crippen molar-refractivity contribution < 1.29 is 13.2 Å². The van der Waals surface area contributed by atoms with Gasteiger partial charge in [-0.05, 0) is 25.1 Å². The summed E-state index contributed by atoms with van der Waals surface area (Å²) in [5, 5.41) is 8.94. The van der Waals surface area contributed by atoms with E-state index >= 15 is 0 Å². The van der Waals surface area contributed by atoms with E-state index in [0.717, 1.165) is 11.8 Å². The number of aromatic nitrogens is 1.